The van der Waals surface area contributed by atoms with Gasteiger partial charge < -0.3 is 10.2 Å². The van der Waals surface area contributed by atoms with Crippen LogP contribution in [0.5, 0.6) is 0 Å². The van der Waals surface area contributed by atoms with Gasteiger partial charge in [0.25, 0.3) is 11.8 Å². The highest BCUT2D eigenvalue weighted by atomic mass is 35.5. The lowest BCUT2D eigenvalue weighted by Crippen LogP contribution is -2.29. The van der Waals surface area contributed by atoms with Crippen molar-refractivity contribution in [2.45, 2.75) is 32.6 Å². The number of carbonyl (C=O) groups excluding carboxylic acids is 2. The number of hydrogen-bond acceptors (Lipinski definition) is 4. The van der Waals surface area contributed by atoms with E-state index in [0.29, 0.717) is 33.5 Å². The number of amides is 2. The molecule has 0 radical (unpaired) electrons. The first kappa shape index (κ1) is 20.9. The van der Waals surface area contributed by atoms with Crippen molar-refractivity contribution in [1.29, 1.82) is 0 Å². The van der Waals surface area contributed by atoms with Crippen LogP contribution in [0.25, 0.3) is 0 Å². The van der Waals surface area contributed by atoms with Crippen LogP contribution in [0, 0.1) is 0 Å². The SMILES string of the molecule is CCN1C(=O)C(=Nc2sc3c(c2C(=O)Nc2ccc(Cl)cc2)CCCC3)c2ccccc21. The van der Waals surface area contributed by atoms with Crippen molar-refractivity contribution in [2.24, 2.45) is 4.99 Å². The van der Waals surface area contributed by atoms with Crippen LogP contribution in [-0.2, 0) is 17.6 Å². The number of nitrogens with one attached hydrogen (secondary N) is 1. The molecule has 7 heteroatoms. The minimum Gasteiger partial charge on any atom is -0.322 e. The molecule has 3 aromatic rings. The quantitative estimate of drug-likeness (QED) is 0.514. The monoisotopic (exact) mass is 463 g/mol. The second-order valence-electron chi connectivity index (χ2n) is 7.88. The Kier molecular flexibility index (Phi) is 5.57. The number of hydrogen-bond donors (Lipinski definition) is 1. The summed E-state index contributed by atoms with van der Waals surface area (Å²) >= 11 is 7.51. The Bertz CT molecular complexity index is 1250. The fraction of sp³-hybridized carbons (Fsp3) is 0.240. The van der Waals surface area contributed by atoms with E-state index in [1.807, 2.05) is 31.2 Å². The van der Waals surface area contributed by atoms with Crippen LogP contribution in [-0.4, -0.2) is 24.1 Å². The Labute approximate surface area is 195 Å². The van der Waals surface area contributed by atoms with Crippen molar-refractivity contribution in [3.8, 4) is 0 Å². The first-order valence-electron chi connectivity index (χ1n) is 10.8. The van der Waals surface area contributed by atoms with Crippen LogP contribution < -0.4 is 10.2 Å². The molecule has 2 aromatic carbocycles. The van der Waals surface area contributed by atoms with E-state index in [2.05, 4.69) is 5.32 Å². The Morgan fingerprint density at radius 3 is 2.66 bits per heavy atom. The molecular formula is C25H22ClN3O2S. The second kappa shape index (κ2) is 8.52. The summed E-state index contributed by atoms with van der Waals surface area (Å²) in [7, 11) is 0. The molecule has 5 nitrogen and oxygen atoms in total. The summed E-state index contributed by atoms with van der Waals surface area (Å²) in [4.78, 5) is 34.3. The summed E-state index contributed by atoms with van der Waals surface area (Å²) in [6, 6.07) is 14.7. The van der Waals surface area contributed by atoms with Gasteiger partial charge in [0, 0.05) is 27.7 Å². The predicted molar refractivity (Wildman–Crippen MR) is 131 cm³/mol. The van der Waals surface area contributed by atoms with Crippen LogP contribution in [0.3, 0.4) is 0 Å². The van der Waals surface area contributed by atoms with Crippen LogP contribution in [0.1, 0.15) is 46.1 Å². The van der Waals surface area contributed by atoms with Crippen molar-refractivity contribution in [1.82, 2.24) is 0 Å². The zero-order valence-electron chi connectivity index (χ0n) is 17.7. The van der Waals surface area contributed by atoms with Gasteiger partial charge in [0.15, 0.2) is 0 Å². The van der Waals surface area contributed by atoms with E-state index in [0.717, 1.165) is 42.5 Å². The highest BCUT2D eigenvalue weighted by Gasteiger charge is 2.34. The van der Waals surface area contributed by atoms with Gasteiger partial charge in [-0.15, -0.1) is 11.3 Å². The topological polar surface area (TPSA) is 61.8 Å². The molecule has 1 aliphatic carbocycles. The average Bonchev–Trinajstić information content (AvgIpc) is 3.30. The fourth-order valence-electron chi connectivity index (χ4n) is 4.38. The molecule has 0 bridgehead atoms. The van der Waals surface area contributed by atoms with E-state index in [9.17, 15) is 9.59 Å². The van der Waals surface area contributed by atoms with Gasteiger partial charge in [-0.05, 0) is 68.5 Å². The third-order valence-electron chi connectivity index (χ3n) is 5.91. The van der Waals surface area contributed by atoms with Gasteiger partial charge in [-0.25, -0.2) is 4.99 Å². The predicted octanol–water partition coefficient (Wildman–Crippen LogP) is 6.02. The van der Waals surface area contributed by atoms with Crippen molar-refractivity contribution < 1.29 is 9.59 Å². The maximum absolute atomic E-state index is 13.4. The number of nitrogens with zero attached hydrogens (tertiary/aromatic N) is 2. The van der Waals surface area contributed by atoms with E-state index < -0.39 is 0 Å². The lowest BCUT2D eigenvalue weighted by molar-refractivity contribution is -0.112. The van der Waals surface area contributed by atoms with E-state index in [-0.39, 0.29) is 11.8 Å². The van der Waals surface area contributed by atoms with Gasteiger partial charge in [-0.1, -0.05) is 29.8 Å². The smallest absolute Gasteiger partial charge is 0.277 e. The molecule has 1 aliphatic heterocycles. The zero-order chi connectivity index (χ0) is 22.2. The minimum absolute atomic E-state index is 0.121. The summed E-state index contributed by atoms with van der Waals surface area (Å²) in [6.07, 6.45) is 3.95. The molecule has 5 rings (SSSR count). The Morgan fingerprint density at radius 1 is 1.12 bits per heavy atom. The van der Waals surface area contributed by atoms with E-state index in [1.54, 1.807) is 29.2 Å². The lowest BCUT2D eigenvalue weighted by atomic mass is 9.95. The van der Waals surface area contributed by atoms with Gasteiger partial charge in [0.1, 0.15) is 10.7 Å². The molecule has 1 N–H and O–H groups in total. The average molecular weight is 464 g/mol. The van der Waals surface area contributed by atoms with Crippen LogP contribution >= 0.6 is 22.9 Å². The number of benzene rings is 2. The third-order valence-corrected chi connectivity index (χ3v) is 7.35. The molecule has 0 atom stereocenters. The van der Waals surface area contributed by atoms with E-state index >= 15 is 0 Å². The van der Waals surface area contributed by atoms with Crippen LogP contribution in [0.15, 0.2) is 53.5 Å². The molecule has 1 aromatic heterocycles. The lowest BCUT2D eigenvalue weighted by Gasteiger charge is -2.13. The Hall–Kier alpha value is -2.96. The molecule has 2 amide bonds. The van der Waals surface area contributed by atoms with Gasteiger partial charge in [-0.2, -0.15) is 0 Å². The zero-order valence-corrected chi connectivity index (χ0v) is 19.2. The van der Waals surface area contributed by atoms with Crippen molar-refractivity contribution >= 4 is 56.8 Å². The molecule has 162 valence electrons. The number of aryl methyl sites for hydroxylation is 1. The first-order valence-corrected chi connectivity index (χ1v) is 12.0. The summed E-state index contributed by atoms with van der Waals surface area (Å²) in [5.74, 6) is -0.318. The maximum Gasteiger partial charge on any atom is 0.277 e. The first-order chi connectivity index (χ1) is 15.6. The van der Waals surface area contributed by atoms with Gasteiger partial charge >= 0.3 is 0 Å². The Morgan fingerprint density at radius 2 is 1.88 bits per heavy atom. The normalized spacial score (nSPS) is 16.2. The Balaban J connectivity index is 1.59. The second-order valence-corrected chi connectivity index (χ2v) is 9.40. The fourth-order valence-corrected chi connectivity index (χ4v) is 5.76. The summed E-state index contributed by atoms with van der Waals surface area (Å²) in [6.45, 7) is 2.52. The number of rotatable bonds is 4. The summed E-state index contributed by atoms with van der Waals surface area (Å²) < 4.78 is 0. The number of likely N-dealkylation sites (N-methyl/N-ethyl adjacent to an activating group) is 1. The minimum atomic E-state index is -0.197. The highest BCUT2D eigenvalue weighted by molar-refractivity contribution is 7.16. The number of para-hydroxylation sites is 1. The standard InChI is InChI=1S/C25H22ClN3O2S/c1-2-29-19-9-5-3-7-17(19)22(25(29)31)28-24-21(18-8-4-6-10-20(18)32-24)23(30)27-16-13-11-15(26)12-14-16/h3,5,7,9,11-14H,2,4,6,8,10H2,1H3,(H,27,30). The number of carbonyl (C=O) groups is 2. The van der Waals surface area contributed by atoms with Crippen molar-refractivity contribution in [3.63, 3.8) is 0 Å². The molecule has 32 heavy (non-hydrogen) atoms. The molecule has 0 fully saturated rings. The van der Waals surface area contributed by atoms with Crippen molar-refractivity contribution in [3.05, 3.63) is 75.1 Å². The molecule has 0 saturated heterocycles. The van der Waals surface area contributed by atoms with Gasteiger partial charge in [0.2, 0.25) is 0 Å². The third kappa shape index (κ3) is 3.63. The largest absolute Gasteiger partial charge is 0.322 e. The number of anilines is 2. The molecule has 0 unspecified atom stereocenters. The summed E-state index contributed by atoms with van der Waals surface area (Å²) in [5.41, 5.74) is 4.42. The molecular weight excluding hydrogens is 442 g/mol. The molecule has 2 aliphatic rings. The summed E-state index contributed by atoms with van der Waals surface area (Å²) in [5, 5.41) is 4.21. The van der Waals surface area contributed by atoms with Crippen molar-refractivity contribution in [2.75, 3.05) is 16.8 Å². The van der Waals surface area contributed by atoms with E-state index in [4.69, 9.17) is 16.6 Å². The van der Waals surface area contributed by atoms with Crippen LogP contribution in [0.4, 0.5) is 16.4 Å². The number of thiophene rings is 1. The number of halogens is 1. The van der Waals surface area contributed by atoms with Crippen LogP contribution in [0.2, 0.25) is 5.02 Å². The molecule has 0 saturated carbocycles. The number of aliphatic imine (C=N–C) groups is 1. The highest BCUT2D eigenvalue weighted by Crippen LogP contribution is 2.41. The van der Waals surface area contributed by atoms with Gasteiger partial charge in [0.05, 0.1) is 11.3 Å². The van der Waals surface area contributed by atoms with Gasteiger partial charge in [-0.3, -0.25) is 9.59 Å². The van der Waals surface area contributed by atoms with E-state index in [1.165, 1.54) is 16.2 Å². The number of fused-ring (bicyclic) bond motifs is 2. The molecule has 2 heterocycles. The molecule has 0 spiro atoms. The maximum atomic E-state index is 13.4.